The Balaban J connectivity index is 1.53. The van der Waals surface area contributed by atoms with Crippen LogP contribution in [0.3, 0.4) is 0 Å². The quantitative estimate of drug-likeness (QED) is 0.700. The van der Waals surface area contributed by atoms with Crippen LogP contribution >= 0.6 is 0 Å². The molecule has 0 aromatic rings. The van der Waals surface area contributed by atoms with Crippen molar-refractivity contribution in [2.75, 3.05) is 0 Å². The van der Waals surface area contributed by atoms with Crippen LogP contribution < -0.4 is 0 Å². The van der Waals surface area contributed by atoms with Crippen molar-refractivity contribution < 1.29 is 14.6 Å². The van der Waals surface area contributed by atoms with Crippen LogP contribution in [0.1, 0.15) is 58.8 Å². The third-order valence-electron chi connectivity index (χ3n) is 8.57. The number of Topliss-reactive ketones (excluding diaryl/α,β-unsaturated/α-hetero) is 1. The highest BCUT2D eigenvalue weighted by atomic mass is 16.6. The number of ketones is 1. The zero-order valence-corrected chi connectivity index (χ0v) is 13.8. The van der Waals surface area contributed by atoms with Gasteiger partial charge in [0.25, 0.3) is 0 Å². The normalized spacial score (nSPS) is 62.7. The van der Waals surface area contributed by atoms with Gasteiger partial charge in [0, 0.05) is 11.8 Å². The van der Waals surface area contributed by atoms with Gasteiger partial charge >= 0.3 is 0 Å². The molecule has 0 bridgehead atoms. The van der Waals surface area contributed by atoms with Crippen molar-refractivity contribution in [1.29, 1.82) is 0 Å². The van der Waals surface area contributed by atoms with E-state index >= 15 is 0 Å². The van der Waals surface area contributed by atoms with Crippen molar-refractivity contribution >= 4 is 5.78 Å². The number of fused-ring (bicyclic) bond motifs is 7. The van der Waals surface area contributed by atoms with E-state index in [0.29, 0.717) is 48.1 Å². The monoisotopic (exact) mass is 304 g/mol. The number of aliphatic hydroxyl groups excluding tert-OH is 1. The smallest absolute Gasteiger partial charge is 0.139 e. The first kappa shape index (κ1) is 14.0. The fraction of sp³-hybridized carbons (Fsp3) is 0.947. The second kappa shape index (κ2) is 4.16. The Bertz CT molecular complexity index is 531. The lowest BCUT2D eigenvalue weighted by Crippen LogP contribution is -2.59. The van der Waals surface area contributed by atoms with Gasteiger partial charge in [-0.2, -0.15) is 0 Å². The third-order valence-corrected chi connectivity index (χ3v) is 8.57. The van der Waals surface area contributed by atoms with E-state index in [1.165, 1.54) is 25.7 Å². The minimum atomic E-state index is -0.295. The third kappa shape index (κ3) is 1.53. The largest absolute Gasteiger partial charge is 0.393 e. The fourth-order valence-corrected chi connectivity index (χ4v) is 7.49. The average Bonchev–Trinajstić information content (AvgIpc) is 3.18. The molecule has 1 saturated heterocycles. The fourth-order valence-electron chi connectivity index (χ4n) is 7.49. The van der Waals surface area contributed by atoms with E-state index in [4.69, 9.17) is 4.74 Å². The van der Waals surface area contributed by atoms with Crippen molar-refractivity contribution in [3.05, 3.63) is 0 Å². The predicted octanol–water partition coefficient (Wildman–Crippen LogP) is 2.95. The molecule has 3 nitrogen and oxygen atoms in total. The summed E-state index contributed by atoms with van der Waals surface area (Å²) in [7, 11) is 0. The molecule has 3 heteroatoms. The van der Waals surface area contributed by atoms with E-state index in [1.54, 1.807) is 0 Å². The first-order valence-electron chi connectivity index (χ1n) is 9.32. The van der Waals surface area contributed by atoms with E-state index in [9.17, 15) is 9.90 Å². The zero-order valence-electron chi connectivity index (χ0n) is 13.8. The van der Waals surface area contributed by atoms with E-state index in [0.717, 1.165) is 12.8 Å². The maximum absolute atomic E-state index is 12.4. The molecule has 9 atom stereocenters. The van der Waals surface area contributed by atoms with Gasteiger partial charge in [0.15, 0.2) is 0 Å². The molecule has 0 unspecified atom stereocenters. The summed E-state index contributed by atoms with van der Waals surface area (Å²) in [5.74, 6) is 2.52. The number of hydrogen-bond acceptors (Lipinski definition) is 3. The molecular weight excluding hydrogens is 276 g/mol. The second-order valence-corrected chi connectivity index (χ2v) is 9.31. The number of aliphatic hydroxyl groups is 1. The molecule has 4 saturated carbocycles. The average molecular weight is 304 g/mol. The molecule has 0 amide bonds. The van der Waals surface area contributed by atoms with Gasteiger partial charge in [0.1, 0.15) is 5.78 Å². The maximum Gasteiger partial charge on any atom is 0.139 e. The summed E-state index contributed by atoms with van der Waals surface area (Å²) in [5.41, 5.74) is -0.00989. The Hall–Kier alpha value is -0.410. The summed E-state index contributed by atoms with van der Waals surface area (Å²) in [6.45, 7) is 4.57. The van der Waals surface area contributed by atoms with Gasteiger partial charge in [-0.05, 0) is 67.6 Å². The standard InChI is InChI=1S/C19H28O3/c1-18-8-7-14-17(22-14)12(18)4-3-10-11-5-6-15(21)19(11,2)9-13(20)16(10)18/h10-14,16-17,20H,3-9H2,1-2H3/t10-,11-,12-,13-,14+,16+,17-,18-,19-/m0/s1. The van der Waals surface area contributed by atoms with Crippen molar-refractivity contribution in [3.63, 3.8) is 0 Å². The van der Waals surface area contributed by atoms with Crippen LogP contribution in [0, 0.1) is 34.5 Å². The van der Waals surface area contributed by atoms with Gasteiger partial charge < -0.3 is 9.84 Å². The summed E-state index contributed by atoms with van der Waals surface area (Å²) in [4.78, 5) is 12.4. The maximum atomic E-state index is 12.4. The molecule has 122 valence electrons. The highest BCUT2D eigenvalue weighted by molar-refractivity contribution is 5.87. The Morgan fingerprint density at radius 1 is 1.14 bits per heavy atom. The Morgan fingerprint density at radius 3 is 2.77 bits per heavy atom. The minimum absolute atomic E-state index is 0.229. The number of epoxide rings is 1. The molecule has 0 aromatic heterocycles. The summed E-state index contributed by atoms with van der Waals surface area (Å²) in [5, 5.41) is 11.0. The molecule has 4 aliphatic carbocycles. The van der Waals surface area contributed by atoms with Gasteiger partial charge in [0.05, 0.1) is 18.3 Å². The molecule has 0 spiro atoms. The minimum Gasteiger partial charge on any atom is -0.393 e. The van der Waals surface area contributed by atoms with Crippen LogP contribution in [-0.4, -0.2) is 29.2 Å². The van der Waals surface area contributed by atoms with Crippen LogP contribution in [0.25, 0.3) is 0 Å². The predicted molar refractivity (Wildman–Crippen MR) is 82.2 cm³/mol. The highest BCUT2D eigenvalue weighted by Gasteiger charge is 2.67. The van der Waals surface area contributed by atoms with Crippen LogP contribution in [0.4, 0.5) is 0 Å². The van der Waals surface area contributed by atoms with Crippen LogP contribution in [-0.2, 0) is 9.53 Å². The van der Waals surface area contributed by atoms with Crippen LogP contribution in [0.15, 0.2) is 0 Å². The van der Waals surface area contributed by atoms with E-state index < -0.39 is 0 Å². The lowest BCUT2D eigenvalue weighted by Gasteiger charge is -2.60. The van der Waals surface area contributed by atoms with E-state index in [1.807, 2.05) is 0 Å². The van der Waals surface area contributed by atoms with Gasteiger partial charge in [-0.15, -0.1) is 0 Å². The van der Waals surface area contributed by atoms with Crippen LogP contribution in [0.2, 0.25) is 0 Å². The summed E-state index contributed by atoms with van der Waals surface area (Å²) in [6.07, 6.45) is 8.03. The Labute approximate surface area is 132 Å². The molecule has 5 fully saturated rings. The van der Waals surface area contributed by atoms with E-state index in [-0.39, 0.29) is 16.9 Å². The summed E-state index contributed by atoms with van der Waals surface area (Å²) < 4.78 is 5.92. The number of ether oxygens (including phenoxy) is 1. The van der Waals surface area contributed by atoms with Crippen LogP contribution in [0.5, 0.6) is 0 Å². The molecule has 5 aliphatic rings. The highest BCUT2D eigenvalue weighted by Crippen LogP contribution is 2.67. The van der Waals surface area contributed by atoms with Crippen molar-refractivity contribution in [1.82, 2.24) is 0 Å². The lowest BCUT2D eigenvalue weighted by molar-refractivity contribution is -0.167. The number of rotatable bonds is 0. The first-order chi connectivity index (χ1) is 10.4. The molecule has 5 rings (SSSR count). The molecule has 0 radical (unpaired) electrons. The molecule has 22 heavy (non-hydrogen) atoms. The Morgan fingerprint density at radius 2 is 1.95 bits per heavy atom. The summed E-state index contributed by atoms with van der Waals surface area (Å²) in [6, 6.07) is 0. The number of carbonyl (C=O) groups excluding carboxylic acids is 1. The molecule has 1 heterocycles. The van der Waals surface area contributed by atoms with Gasteiger partial charge in [0.2, 0.25) is 0 Å². The van der Waals surface area contributed by atoms with Crippen molar-refractivity contribution in [3.8, 4) is 0 Å². The molecule has 0 aromatic carbocycles. The number of hydrogen-bond donors (Lipinski definition) is 1. The van der Waals surface area contributed by atoms with Crippen molar-refractivity contribution in [2.24, 2.45) is 34.5 Å². The number of carbonyl (C=O) groups is 1. The van der Waals surface area contributed by atoms with Crippen molar-refractivity contribution in [2.45, 2.75) is 77.1 Å². The van der Waals surface area contributed by atoms with Gasteiger partial charge in [-0.3, -0.25) is 4.79 Å². The molecule has 1 aliphatic heterocycles. The molecule has 1 N–H and O–H groups in total. The van der Waals surface area contributed by atoms with Gasteiger partial charge in [-0.1, -0.05) is 13.8 Å². The topological polar surface area (TPSA) is 49.8 Å². The molecular formula is C19H28O3. The summed E-state index contributed by atoms with van der Waals surface area (Å²) >= 11 is 0. The first-order valence-corrected chi connectivity index (χ1v) is 9.32. The Kier molecular flexibility index (Phi) is 2.64. The lowest BCUT2D eigenvalue weighted by atomic mass is 9.44. The SMILES string of the molecule is C[C@]12CC[C@H]3O[C@H]3[C@@H]1CC[C@@H]1[C@@H]2[C@@H](O)C[C@]2(C)C(=O)CC[C@@H]12. The van der Waals surface area contributed by atoms with Gasteiger partial charge in [-0.25, -0.2) is 0 Å². The van der Waals surface area contributed by atoms with E-state index in [2.05, 4.69) is 13.8 Å². The zero-order chi connectivity index (χ0) is 15.3. The second-order valence-electron chi connectivity index (χ2n) is 9.31.